The van der Waals surface area contributed by atoms with E-state index in [9.17, 15) is 13.2 Å². The lowest BCUT2D eigenvalue weighted by atomic mass is 10.2. The number of hydrogen-bond acceptors (Lipinski definition) is 3. The highest BCUT2D eigenvalue weighted by Crippen LogP contribution is 2.19. The third-order valence-electron chi connectivity index (χ3n) is 2.62. The summed E-state index contributed by atoms with van der Waals surface area (Å²) in [4.78, 5) is 12.2. The molecule has 2 aromatic rings. The van der Waals surface area contributed by atoms with E-state index >= 15 is 0 Å². The van der Waals surface area contributed by atoms with Gasteiger partial charge in [0.2, 0.25) is 0 Å². The number of Topliss-reactive ketones (excluding diaryl/α,β-unsaturated/α-hetero) is 1. The SMILES string of the molecule is O=C(CS(=O)(=O)c1cccc(Br)c1)c1cccc(Br)c1. The Morgan fingerprint density at radius 3 is 2.15 bits per heavy atom. The highest BCUT2D eigenvalue weighted by atomic mass is 79.9. The van der Waals surface area contributed by atoms with Crippen LogP contribution in [0.15, 0.2) is 62.4 Å². The topological polar surface area (TPSA) is 51.2 Å². The molecule has 0 saturated heterocycles. The van der Waals surface area contributed by atoms with E-state index in [1.807, 2.05) is 0 Å². The molecule has 0 aliphatic rings. The molecule has 6 heteroatoms. The van der Waals surface area contributed by atoms with Gasteiger partial charge in [0.25, 0.3) is 0 Å². The van der Waals surface area contributed by atoms with Gasteiger partial charge >= 0.3 is 0 Å². The molecule has 0 aliphatic heterocycles. The lowest BCUT2D eigenvalue weighted by molar-refractivity contribution is 0.102. The van der Waals surface area contributed by atoms with Crippen LogP contribution >= 0.6 is 31.9 Å². The second-order valence-electron chi connectivity index (χ2n) is 4.15. The molecule has 0 N–H and O–H groups in total. The minimum atomic E-state index is -3.64. The summed E-state index contributed by atoms with van der Waals surface area (Å²) in [5, 5.41) is 0. The summed E-state index contributed by atoms with van der Waals surface area (Å²) >= 11 is 6.48. The lowest BCUT2D eigenvalue weighted by Crippen LogP contribution is -2.16. The van der Waals surface area contributed by atoms with Gasteiger partial charge in [-0.25, -0.2) is 8.42 Å². The molecule has 0 spiro atoms. The van der Waals surface area contributed by atoms with Crippen LogP contribution in [0.3, 0.4) is 0 Å². The van der Waals surface area contributed by atoms with Gasteiger partial charge in [-0.1, -0.05) is 50.1 Å². The third-order valence-corrected chi connectivity index (χ3v) is 5.22. The Morgan fingerprint density at radius 1 is 0.950 bits per heavy atom. The number of rotatable bonds is 4. The van der Waals surface area contributed by atoms with Gasteiger partial charge < -0.3 is 0 Å². The van der Waals surface area contributed by atoms with E-state index in [0.29, 0.717) is 10.0 Å². The van der Waals surface area contributed by atoms with Gasteiger partial charge in [0.05, 0.1) is 4.90 Å². The van der Waals surface area contributed by atoms with Crippen LogP contribution in [0.2, 0.25) is 0 Å². The van der Waals surface area contributed by atoms with Gasteiger partial charge in [-0.15, -0.1) is 0 Å². The maximum atomic E-state index is 12.2. The molecule has 0 atom stereocenters. The monoisotopic (exact) mass is 416 g/mol. The summed E-state index contributed by atoms with van der Waals surface area (Å²) in [6.45, 7) is 0. The fraction of sp³-hybridized carbons (Fsp3) is 0.0714. The fourth-order valence-electron chi connectivity index (χ4n) is 1.66. The van der Waals surface area contributed by atoms with Gasteiger partial charge in [0.1, 0.15) is 5.75 Å². The Bertz CT molecular complexity index is 755. The van der Waals surface area contributed by atoms with Crippen molar-refractivity contribution in [2.24, 2.45) is 0 Å². The number of carbonyl (C=O) groups excluding carboxylic acids is 1. The van der Waals surface area contributed by atoms with Crippen LogP contribution in [0.5, 0.6) is 0 Å². The van der Waals surface area contributed by atoms with Crippen molar-refractivity contribution in [3.63, 3.8) is 0 Å². The van der Waals surface area contributed by atoms with Gasteiger partial charge in [-0.2, -0.15) is 0 Å². The molecule has 0 aromatic heterocycles. The van der Waals surface area contributed by atoms with Crippen molar-refractivity contribution in [1.82, 2.24) is 0 Å². The highest BCUT2D eigenvalue weighted by molar-refractivity contribution is 9.10. The normalized spacial score (nSPS) is 11.3. The molecular formula is C14H10Br2O3S. The standard InChI is InChI=1S/C14H10Br2O3S/c15-11-4-1-3-10(7-11)14(17)9-20(18,19)13-6-2-5-12(16)8-13/h1-8H,9H2. The zero-order valence-electron chi connectivity index (χ0n) is 10.2. The average molecular weight is 418 g/mol. The van der Waals surface area contributed by atoms with Crippen LogP contribution in [0.25, 0.3) is 0 Å². The summed E-state index contributed by atoms with van der Waals surface area (Å²) in [5.74, 6) is -0.967. The second-order valence-corrected chi connectivity index (χ2v) is 7.97. The summed E-state index contributed by atoms with van der Waals surface area (Å²) in [6, 6.07) is 13.0. The highest BCUT2D eigenvalue weighted by Gasteiger charge is 2.20. The predicted molar refractivity (Wildman–Crippen MR) is 84.7 cm³/mol. The van der Waals surface area contributed by atoms with Crippen molar-refractivity contribution >= 4 is 47.5 Å². The van der Waals surface area contributed by atoms with E-state index in [0.717, 1.165) is 4.47 Å². The Balaban J connectivity index is 2.27. The zero-order valence-corrected chi connectivity index (χ0v) is 14.2. The van der Waals surface area contributed by atoms with Gasteiger partial charge in [0.15, 0.2) is 15.6 Å². The zero-order chi connectivity index (χ0) is 14.8. The minimum Gasteiger partial charge on any atom is -0.293 e. The van der Waals surface area contributed by atoms with Crippen LogP contribution in [-0.2, 0) is 9.84 Å². The van der Waals surface area contributed by atoms with Crippen LogP contribution in [-0.4, -0.2) is 20.0 Å². The van der Waals surface area contributed by atoms with Crippen LogP contribution < -0.4 is 0 Å². The van der Waals surface area contributed by atoms with Crippen molar-refractivity contribution in [2.45, 2.75) is 4.90 Å². The smallest absolute Gasteiger partial charge is 0.185 e. The molecule has 2 aromatic carbocycles. The molecule has 3 nitrogen and oxygen atoms in total. The van der Waals surface area contributed by atoms with E-state index in [-0.39, 0.29) is 4.90 Å². The molecule has 0 bridgehead atoms. The Kier molecular flexibility index (Phi) is 4.78. The molecule has 20 heavy (non-hydrogen) atoms. The van der Waals surface area contributed by atoms with Crippen molar-refractivity contribution in [2.75, 3.05) is 5.75 Å². The molecule has 0 heterocycles. The predicted octanol–water partition coefficient (Wildman–Crippen LogP) is 3.87. The number of halogens is 2. The van der Waals surface area contributed by atoms with Crippen molar-refractivity contribution in [1.29, 1.82) is 0 Å². The van der Waals surface area contributed by atoms with Crippen molar-refractivity contribution < 1.29 is 13.2 Å². The molecular weight excluding hydrogens is 408 g/mol. The van der Waals surface area contributed by atoms with Gasteiger partial charge in [0, 0.05) is 14.5 Å². The van der Waals surface area contributed by atoms with E-state index in [1.54, 1.807) is 36.4 Å². The van der Waals surface area contributed by atoms with E-state index < -0.39 is 21.4 Å². The second kappa shape index (κ2) is 6.20. The Labute approximate surface area is 134 Å². The molecule has 104 valence electrons. The van der Waals surface area contributed by atoms with Crippen LogP contribution in [0.4, 0.5) is 0 Å². The Morgan fingerprint density at radius 2 is 1.55 bits per heavy atom. The van der Waals surface area contributed by atoms with E-state index in [1.165, 1.54) is 12.1 Å². The largest absolute Gasteiger partial charge is 0.293 e. The summed E-state index contributed by atoms with van der Waals surface area (Å²) in [5.41, 5.74) is 0.373. The first kappa shape index (κ1) is 15.4. The molecule has 0 fully saturated rings. The number of benzene rings is 2. The number of ketones is 1. The molecule has 0 radical (unpaired) electrons. The number of hydrogen-bond donors (Lipinski definition) is 0. The van der Waals surface area contributed by atoms with Crippen LogP contribution in [0, 0.1) is 0 Å². The number of carbonyl (C=O) groups is 1. The van der Waals surface area contributed by atoms with Crippen molar-refractivity contribution in [3.8, 4) is 0 Å². The Hall–Kier alpha value is -0.980. The fourth-order valence-corrected chi connectivity index (χ4v) is 3.88. The summed E-state index contributed by atoms with van der Waals surface area (Å²) in [7, 11) is -3.64. The van der Waals surface area contributed by atoms with E-state index in [4.69, 9.17) is 0 Å². The minimum absolute atomic E-state index is 0.134. The average Bonchev–Trinajstić information content (AvgIpc) is 2.38. The first-order chi connectivity index (χ1) is 9.38. The molecule has 0 amide bonds. The van der Waals surface area contributed by atoms with Crippen molar-refractivity contribution in [3.05, 3.63) is 63.0 Å². The number of sulfone groups is 1. The quantitative estimate of drug-likeness (QED) is 0.709. The first-order valence-corrected chi connectivity index (χ1v) is 8.89. The molecule has 0 saturated carbocycles. The molecule has 0 unspecified atom stereocenters. The maximum Gasteiger partial charge on any atom is 0.185 e. The van der Waals surface area contributed by atoms with Gasteiger partial charge in [-0.05, 0) is 30.3 Å². The third kappa shape index (κ3) is 3.77. The lowest BCUT2D eigenvalue weighted by Gasteiger charge is -2.05. The van der Waals surface area contributed by atoms with Crippen LogP contribution in [0.1, 0.15) is 10.4 Å². The van der Waals surface area contributed by atoms with E-state index in [2.05, 4.69) is 31.9 Å². The summed E-state index contributed by atoms with van der Waals surface area (Å²) < 4.78 is 25.8. The maximum absolute atomic E-state index is 12.2. The molecule has 2 rings (SSSR count). The molecule has 0 aliphatic carbocycles. The summed E-state index contributed by atoms with van der Waals surface area (Å²) in [6.07, 6.45) is 0. The first-order valence-electron chi connectivity index (χ1n) is 5.65. The van der Waals surface area contributed by atoms with Gasteiger partial charge in [-0.3, -0.25) is 4.79 Å².